The molecule has 2 aromatic rings. The largest absolute Gasteiger partial charge is 0.367 e. The molecule has 1 aliphatic rings. The van der Waals surface area contributed by atoms with E-state index in [4.69, 9.17) is 0 Å². The Labute approximate surface area is 142 Å². The molecule has 1 fully saturated rings. The monoisotopic (exact) mass is 347 g/mol. The predicted octanol–water partition coefficient (Wildman–Crippen LogP) is 1.05. The van der Waals surface area contributed by atoms with E-state index >= 15 is 0 Å². The molecule has 1 aliphatic heterocycles. The molecule has 7 nitrogen and oxygen atoms in total. The molecule has 0 radical (unpaired) electrons. The van der Waals surface area contributed by atoms with Crippen molar-refractivity contribution in [3.05, 3.63) is 42.6 Å². The van der Waals surface area contributed by atoms with E-state index in [-0.39, 0.29) is 0 Å². The minimum absolute atomic E-state index is 0.346. The fourth-order valence-electron chi connectivity index (χ4n) is 2.67. The second-order valence-electron chi connectivity index (χ2n) is 5.87. The van der Waals surface area contributed by atoms with E-state index in [1.807, 2.05) is 31.1 Å². The van der Waals surface area contributed by atoms with Gasteiger partial charge in [0.25, 0.3) is 0 Å². The number of piperazine rings is 1. The lowest BCUT2D eigenvalue weighted by atomic mass is 10.3. The van der Waals surface area contributed by atoms with Crippen LogP contribution < -0.4 is 9.80 Å². The fraction of sp³-hybridized carbons (Fsp3) is 0.375. The van der Waals surface area contributed by atoms with Gasteiger partial charge in [-0.25, -0.2) is 8.42 Å². The maximum Gasteiger partial charge on any atom is 0.243 e. The Morgan fingerprint density at radius 3 is 2.33 bits per heavy atom. The third-order valence-electron chi connectivity index (χ3n) is 4.07. The standard InChI is InChI=1S/C16H21N5O2S/c1-19(2)16-12-14(13-17-18-16)20-8-10-21(11-9-20)24(22,23)15-6-4-3-5-7-15/h3-7,12-13H,8-11H2,1-2H3. The molecule has 0 unspecified atom stereocenters. The van der Waals surface area contributed by atoms with Crippen molar-refractivity contribution >= 4 is 21.5 Å². The maximum atomic E-state index is 12.7. The summed E-state index contributed by atoms with van der Waals surface area (Å²) in [7, 11) is 0.411. The van der Waals surface area contributed by atoms with Gasteiger partial charge in [-0.1, -0.05) is 18.2 Å². The average molecular weight is 347 g/mol. The van der Waals surface area contributed by atoms with Crippen LogP contribution in [0, 0.1) is 0 Å². The molecule has 128 valence electrons. The summed E-state index contributed by atoms with van der Waals surface area (Å²) in [4.78, 5) is 4.38. The number of anilines is 2. The van der Waals surface area contributed by atoms with Crippen LogP contribution >= 0.6 is 0 Å². The summed E-state index contributed by atoms with van der Waals surface area (Å²) in [5.41, 5.74) is 0.963. The molecule has 8 heteroatoms. The van der Waals surface area contributed by atoms with Gasteiger partial charge in [0.2, 0.25) is 10.0 Å². The average Bonchev–Trinajstić information content (AvgIpc) is 2.62. The van der Waals surface area contributed by atoms with Crippen molar-refractivity contribution in [1.29, 1.82) is 0 Å². The third-order valence-corrected chi connectivity index (χ3v) is 5.98. The zero-order valence-electron chi connectivity index (χ0n) is 13.8. The maximum absolute atomic E-state index is 12.7. The van der Waals surface area contributed by atoms with Crippen LogP contribution in [0.25, 0.3) is 0 Å². The van der Waals surface area contributed by atoms with E-state index in [0.717, 1.165) is 11.5 Å². The van der Waals surface area contributed by atoms with Crippen molar-refractivity contribution in [2.24, 2.45) is 0 Å². The van der Waals surface area contributed by atoms with Crippen molar-refractivity contribution in [2.75, 3.05) is 50.1 Å². The molecular formula is C16H21N5O2S. The van der Waals surface area contributed by atoms with E-state index < -0.39 is 10.0 Å². The van der Waals surface area contributed by atoms with Crippen molar-refractivity contribution in [1.82, 2.24) is 14.5 Å². The van der Waals surface area contributed by atoms with Gasteiger partial charge in [-0.05, 0) is 12.1 Å². The predicted molar refractivity (Wildman–Crippen MR) is 93.8 cm³/mol. The second kappa shape index (κ2) is 6.74. The van der Waals surface area contributed by atoms with Crippen molar-refractivity contribution in [2.45, 2.75) is 4.90 Å². The molecule has 0 spiro atoms. The van der Waals surface area contributed by atoms with Gasteiger partial charge in [0, 0.05) is 46.3 Å². The second-order valence-corrected chi connectivity index (χ2v) is 7.81. The normalized spacial score (nSPS) is 16.2. The van der Waals surface area contributed by atoms with Gasteiger partial charge < -0.3 is 9.80 Å². The van der Waals surface area contributed by atoms with Crippen LogP contribution in [0.15, 0.2) is 47.5 Å². The molecule has 1 aromatic heterocycles. The van der Waals surface area contributed by atoms with E-state index in [1.54, 1.807) is 34.8 Å². The van der Waals surface area contributed by atoms with E-state index in [2.05, 4.69) is 15.1 Å². The number of hydrogen-bond acceptors (Lipinski definition) is 6. The lowest BCUT2D eigenvalue weighted by molar-refractivity contribution is 0.384. The Hall–Kier alpha value is -2.19. The molecule has 0 saturated carbocycles. The molecule has 1 saturated heterocycles. The summed E-state index contributed by atoms with van der Waals surface area (Å²) in [6.45, 7) is 2.17. The number of hydrogen-bond donors (Lipinski definition) is 0. The summed E-state index contributed by atoms with van der Waals surface area (Å²) in [6.07, 6.45) is 1.72. The lowest BCUT2D eigenvalue weighted by Crippen LogP contribution is -2.48. The van der Waals surface area contributed by atoms with Gasteiger partial charge >= 0.3 is 0 Å². The number of nitrogens with zero attached hydrogens (tertiary/aromatic N) is 5. The van der Waals surface area contributed by atoms with Crippen molar-refractivity contribution in [3.63, 3.8) is 0 Å². The third kappa shape index (κ3) is 3.34. The molecule has 1 aromatic carbocycles. The zero-order chi connectivity index (χ0) is 17.2. The minimum atomic E-state index is -3.42. The highest BCUT2D eigenvalue weighted by molar-refractivity contribution is 7.89. The molecular weight excluding hydrogens is 326 g/mol. The first-order valence-electron chi connectivity index (χ1n) is 7.79. The number of sulfonamides is 1. The SMILES string of the molecule is CN(C)c1cc(N2CCN(S(=O)(=O)c3ccccc3)CC2)cnn1. The summed E-state index contributed by atoms with van der Waals surface area (Å²) in [5.74, 6) is 0.784. The van der Waals surface area contributed by atoms with Crippen LogP contribution in [0.3, 0.4) is 0 Å². The first-order chi connectivity index (χ1) is 11.5. The molecule has 0 atom stereocenters. The summed E-state index contributed by atoms with van der Waals surface area (Å²) >= 11 is 0. The van der Waals surface area contributed by atoms with Gasteiger partial charge in [0.05, 0.1) is 16.8 Å². The van der Waals surface area contributed by atoms with Crippen LogP contribution in [0.2, 0.25) is 0 Å². The Balaban J connectivity index is 1.71. The molecule has 0 aliphatic carbocycles. The molecule has 0 bridgehead atoms. The van der Waals surface area contributed by atoms with Gasteiger partial charge in [-0.15, -0.1) is 5.10 Å². The number of aromatic nitrogens is 2. The Bertz CT molecular complexity index is 787. The molecule has 0 amide bonds. The fourth-order valence-corrected chi connectivity index (χ4v) is 4.11. The first-order valence-corrected chi connectivity index (χ1v) is 9.23. The highest BCUT2D eigenvalue weighted by Crippen LogP contribution is 2.22. The lowest BCUT2D eigenvalue weighted by Gasteiger charge is -2.35. The molecule has 2 heterocycles. The van der Waals surface area contributed by atoms with Gasteiger partial charge in [-0.2, -0.15) is 9.40 Å². The Morgan fingerprint density at radius 2 is 1.71 bits per heavy atom. The minimum Gasteiger partial charge on any atom is -0.367 e. The number of benzene rings is 1. The van der Waals surface area contributed by atoms with Crippen molar-refractivity contribution in [3.8, 4) is 0 Å². The van der Waals surface area contributed by atoms with Crippen LogP contribution in [-0.2, 0) is 10.0 Å². The van der Waals surface area contributed by atoms with E-state index in [1.165, 1.54) is 0 Å². The topological polar surface area (TPSA) is 69.6 Å². The van der Waals surface area contributed by atoms with Crippen LogP contribution in [-0.4, -0.2) is 63.2 Å². The highest BCUT2D eigenvalue weighted by Gasteiger charge is 2.28. The smallest absolute Gasteiger partial charge is 0.243 e. The van der Waals surface area contributed by atoms with Crippen LogP contribution in [0.5, 0.6) is 0 Å². The number of rotatable bonds is 4. The van der Waals surface area contributed by atoms with E-state index in [9.17, 15) is 8.42 Å². The van der Waals surface area contributed by atoms with E-state index in [0.29, 0.717) is 31.1 Å². The van der Waals surface area contributed by atoms with Gasteiger partial charge in [0.15, 0.2) is 5.82 Å². The molecule has 0 N–H and O–H groups in total. The van der Waals surface area contributed by atoms with Gasteiger partial charge in [0.1, 0.15) is 0 Å². The molecule has 24 heavy (non-hydrogen) atoms. The first kappa shape index (κ1) is 16.7. The summed E-state index contributed by atoms with van der Waals surface area (Å²) < 4.78 is 26.8. The zero-order valence-corrected chi connectivity index (χ0v) is 14.6. The highest BCUT2D eigenvalue weighted by atomic mass is 32.2. The van der Waals surface area contributed by atoms with Crippen molar-refractivity contribution < 1.29 is 8.42 Å². The van der Waals surface area contributed by atoms with Gasteiger partial charge in [-0.3, -0.25) is 0 Å². The molecule has 3 rings (SSSR count). The Morgan fingerprint density at radius 1 is 1.04 bits per heavy atom. The van der Waals surface area contributed by atoms with Crippen LogP contribution in [0.1, 0.15) is 0 Å². The summed E-state index contributed by atoms with van der Waals surface area (Å²) in [6, 6.07) is 10.5. The quantitative estimate of drug-likeness (QED) is 0.823. The summed E-state index contributed by atoms with van der Waals surface area (Å²) in [5, 5.41) is 8.10. The van der Waals surface area contributed by atoms with Crippen LogP contribution in [0.4, 0.5) is 11.5 Å². The Kier molecular flexibility index (Phi) is 4.68.